The molecule has 2 unspecified atom stereocenters. The van der Waals surface area contributed by atoms with Gasteiger partial charge in [0.25, 0.3) is 0 Å². The van der Waals surface area contributed by atoms with E-state index in [0.29, 0.717) is 0 Å². The number of hydrogen-bond acceptors (Lipinski definition) is 4. The van der Waals surface area contributed by atoms with Crippen molar-refractivity contribution >= 4 is 21.5 Å². The van der Waals surface area contributed by atoms with Crippen molar-refractivity contribution in [1.29, 1.82) is 0 Å². The Morgan fingerprint density at radius 2 is 1.39 bits per heavy atom. The monoisotopic (exact) mass is 473 g/mol. The Morgan fingerprint density at radius 3 is 2.19 bits per heavy atom. The molecule has 0 bridgehead atoms. The highest BCUT2D eigenvalue weighted by atomic mass is 16.5. The van der Waals surface area contributed by atoms with Gasteiger partial charge in [0.2, 0.25) is 0 Å². The Morgan fingerprint density at radius 1 is 0.694 bits per heavy atom. The van der Waals surface area contributed by atoms with Gasteiger partial charge in [0, 0.05) is 23.1 Å². The topological polar surface area (TPSA) is 30.9 Å². The third-order valence-corrected chi connectivity index (χ3v) is 7.74. The zero-order valence-corrected chi connectivity index (χ0v) is 20.4. The van der Waals surface area contributed by atoms with Gasteiger partial charge in [-0.05, 0) is 45.8 Å². The first-order chi connectivity index (χ1) is 17.8. The second kappa shape index (κ2) is 8.28. The lowest BCUT2D eigenvalue weighted by molar-refractivity contribution is -0.0253. The van der Waals surface area contributed by atoms with Crippen molar-refractivity contribution in [3.05, 3.63) is 113 Å². The van der Waals surface area contributed by atoms with Gasteiger partial charge in [0.05, 0.1) is 20.3 Å². The molecule has 5 aromatic carbocycles. The normalized spacial score (nSPS) is 18.7. The highest BCUT2D eigenvalue weighted by molar-refractivity contribution is 5.91. The number of fused-ring (bicyclic) bond motifs is 7. The molecule has 0 radical (unpaired) electrons. The summed E-state index contributed by atoms with van der Waals surface area (Å²) in [5, 5.41) is 4.87. The molecular formula is C32H27NO3. The van der Waals surface area contributed by atoms with Crippen molar-refractivity contribution in [2.75, 3.05) is 20.8 Å². The predicted molar refractivity (Wildman–Crippen MR) is 143 cm³/mol. The molecule has 0 N–H and O–H groups in total. The van der Waals surface area contributed by atoms with Gasteiger partial charge in [-0.2, -0.15) is 0 Å². The van der Waals surface area contributed by atoms with E-state index in [-0.39, 0.29) is 12.3 Å². The third kappa shape index (κ3) is 3.11. The SMILES string of the molecule is COc1cc2c(cc1OC)C1Oc3c(ccc4ccccc34)C(c3cccc4ccccc34)N1CC2. The molecular weight excluding hydrogens is 446 g/mol. The summed E-state index contributed by atoms with van der Waals surface area (Å²) in [6, 6.07) is 32.6. The van der Waals surface area contributed by atoms with Crippen LogP contribution in [0.1, 0.15) is 34.5 Å². The first-order valence-corrected chi connectivity index (χ1v) is 12.4. The van der Waals surface area contributed by atoms with E-state index in [1.807, 2.05) is 0 Å². The van der Waals surface area contributed by atoms with E-state index < -0.39 is 0 Å². The summed E-state index contributed by atoms with van der Waals surface area (Å²) in [6.45, 7) is 0.882. The van der Waals surface area contributed by atoms with E-state index in [1.165, 1.54) is 32.8 Å². The molecule has 4 nitrogen and oxygen atoms in total. The van der Waals surface area contributed by atoms with Crippen LogP contribution in [0.2, 0.25) is 0 Å². The molecule has 0 amide bonds. The fourth-order valence-electron chi connectivity index (χ4n) is 6.06. The van der Waals surface area contributed by atoms with E-state index in [4.69, 9.17) is 14.2 Å². The molecule has 7 rings (SSSR count). The minimum atomic E-state index is -0.226. The van der Waals surface area contributed by atoms with Gasteiger partial charge >= 0.3 is 0 Å². The first kappa shape index (κ1) is 21.3. The van der Waals surface area contributed by atoms with Gasteiger partial charge < -0.3 is 14.2 Å². The van der Waals surface area contributed by atoms with Gasteiger partial charge in [-0.3, -0.25) is 4.90 Å². The van der Waals surface area contributed by atoms with Crippen molar-refractivity contribution in [2.24, 2.45) is 0 Å². The lowest BCUT2D eigenvalue weighted by Crippen LogP contribution is -2.44. The smallest absolute Gasteiger partial charge is 0.180 e. The minimum absolute atomic E-state index is 0.0655. The highest BCUT2D eigenvalue weighted by Gasteiger charge is 2.42. The van der Waals surface area contributed by atoms with Gasteiger partial charge in [0.15, 0.2) is 17.7 Å². The van der Waals surface area contributed by atoms with Crippen LogP contribution in [-0.4, -0.2) is 25.7 Å². The molecule has 2 heterocycles. The summed E-state index contributed by atoms with van der Waals surface area (Å²) < 4.78 is 18.2. The zero-order chi connectivity index (χ0) is 24.2. The first-order valence-electron chi connectivity index (χ1n) is 12.4. The molecule has 2 aliphatic heterocycles. The van der Waals surface area contributed by atoms with E-state index in [0.717, 1.165) is 41.2 Å². The average molecular weight is 474 g/mol. The highest BCUT2D eigenvalue weighted by Crippen LogP contribution is 2.52. The maximum Gasteiger partial charge on any atom is 0.180 e. The number of methoxy groups -OCH3 is 2. The fraction of sp³-hybridized carbons (Fsp3) is 0.188. The molecule has 0 spiro atoms. The molecule has 4 heteroatoms. The van der Waals surface area contributed by atoms with Crippen LogP contribution in [0.5, 0.6) is 17.2 Å². The summed E-state index contributed by atoms with van der Waals surface area (Å²) in [7, 11) is 3.38. The second-order valence-electron chi connectivity index (χ2n) is 9.54. The lowest BCUT2D eigenvalue weighted by Gasteiger charge is -2.47. The van der Waals surface area contributed by atoms with Gasteiger partial charge in [-0.15, -0.1) is 0 Å². The number of hydrogen-bond donors (Lipinski definition) is 0. The number of nitrogens with zero attached hydrogens (tertiary/aromatic N) is 1. The molecule has 0 aliphatic carbocycles. The van der Waals surface area contributed by atoms with Crippen molar-refractivity contribution in [1.82, 2.24) is 4.90 Å². The summed E-state index contributed by atoms with van der Waals surface area (Å²) in [5.41, 5.74) is 4.91. The standard InChI is InChI=1S/C32H27NO3/c1-34-28-18-22-16-17-33-30(25-13-7-10-20-8-3-5-11-23(20)25)26-15-14-21-9-4-6-12-24(21)31(26)36-32(33)27(22)19-29(28)35-2/h3-15,18-19,30,32H,16-17H2,1-2H3. The molecule has 36 heavy (non-hydrogen) atoms. The molecule has 2 atom stereocenters. The summed E-state index contributed by atoms with van der Waals surface area (Å²) in [4.78, 5) is 2.51. The Kier molecular flexibility index (Phi) is 4.90. The lowest BCUT2D eigenvalue weighted by atomic mass is 9.86. The van der Waals surface area contributed by atoms with Crippen molar-refractivity contribution in [3.8, 4) is 17.2 Å². The van der Waals surface area contributed by atoms with Crippen LogP contribution in [-0.2, 0) is 6.42 Å². The number of benzene rings is 5. The molecule has 0 saturated carbocycles. The molecule has 0 saturated heterocycles. The summed E-state index contributed by atoms with van der Waals surface area (Å²) in [6.07, 6.45) is 0.690. The Balaban J connectivity index is 1.50. The van der Waals surface area contributed by atoms with Crippen molar-refractivity contribution in [3.63, 3.8) is 0 Å². The third-order valence-electron chi connectivity index (χ3n) is 7.74. The van der Waals surface area contributed by atoms with Crippen LogP contribution in [0.25, 0.3) is 21.5 Å². The van der Waals surface area contributed by atoms with E-state index in [9.17, 15) is 0 Å². The van der Waals surface area contributed by atoms with Crippen LogP contribution >= 0.6 is 0 Å². The van der Waals surface area contributed by atoms with Gasteiger partial charge in [0.1, 0.15) is 5.75 Å². The van der Waals surface area contributed by atoms with Crippen LogP contribution in [0.4, 0.5) is 0 Å². The zero-order valence-electron chi connectivity index (χ0n) is 20.4. The van der Waals surface area contributed by atoms with Gasteiger partial charge in [-0.25, -0.2) is 0 Å². The van der Waals surface area contributed by atoms with Crippen LogP contribution < -0.4 is 14.2 Å². The molecule has 178 valence electrons. The van der Waals surface area contributed by atoms with Crippen LogP contribution in [0.15, 0.2) is 91.0 Å². The summed E-state index contributed by atoms with van der Waals surface area (Å²) in [5.74, 6) is 2.46. The van der Waals surface area contributed by atoms with Gasteiger partial charge in [-0.1, -0.05) is 78.9 Å². The van der Waals surface area contributed by atoms with Crippen LogP contribution in [0, 0.1) is 0 Å². The molecule has 2 aliphatic rings. The van der Waals surface area contributed by atoms with E-state index >= 15 is 0 Å². The Bertz CT molecular complexity index is 1620. The maximum atomic E-state index is 6.94. The maximum absolute atomic E-state index is 6.94. The van der Waals surface area contributed by atoms with E-state index in [1.54, 1.807) is 14.2 Å². The van der Waals surface area contributed by atoms with Crippen molar-refractivity contribution < 1.29 is 14.2 Å². The average Bonchev–Trinajstić information content (AvgIpc) is 2.94. The second-order valence-corrected chi connectivity index (χ2v) is 9.54. The largest absolute Gasteiger partial charge is 0.493 e. The Hall–Kier alpha value is -4.02. The van der Waals surface area contributed by atoms with Crippen molar-refractivity contribution in [2.45, 2.75) is 18.7 Å². The summed E-state index contributed by atoms with van der Waals surface area (Å²) >= 11 is 0. The molecule has 0 aromatic heterocycles. The predicted octanol–water partition coefficient (Wildman–Crippen LogP) is 7.05. The van der Waals surface area contributed by atoms with E-state index in [2.05, 4.69) is 95.9 Å². The quantitative estimate of drug-likeness (QED) is 0.281. The number of ether oxygens (including phenoxy) is 3. The minimum Gasteiger partial charge on any atom is -0.493 e. The molecule has 5 aromatic rings. The Labute approximate surface area is 210 Å². The number of rotatable bonds is 3. The molecule has 0 fully saturated rings. The fourth-order valence-corrected chi connectivity index (χ4v) is 6.06. The van der Waals surface area contributed by atoms with Crippen LogP contribution in [0.3, 0.4) is 0 Å².